The largest absolute Gasteiger partial charge is 0.325 e. The van der Waals surface area contributed by atoms with E-state index in [2.05, 4.69) is 5.32 Å². The number of nitrogens with zero attached hydrogens (tertiary/aromatic N) is 1. The topological polar surface area (TPSA) is 66.5 Å². The second-order valence-electron chi connectivity index (χ2n) is 4.25. The van der Waals surface area contributed by atoms with Gasteiger partial charge in [-0.05, 0) is 30.7 Å². The molecule has 1 atom stereocenters. The molecule has 17 heavy (non-hydrogen) atoms. The van der Waals surface area contributed by atoms with Crippen molar-refractivity contribution >= 4 is 21.6 Å². The lowest BCUT2D eigenvalue weighted by Crippen LogP contribution is -2.22. The number of hydrogen-bond donors (Lipinski definition) is 1. The van der Waals surface area contributed by atoms with Crippen molar-refractivity contribution in [3.8, 4) is 0 Å². The first-order chi connectivity index (χ1) is 7.84. The van der Waals surface area contributed by atoms with Crippen LogP contribution in [-0.4, -0.2) is 32.7 Å². The molecule has 0 fully saturated rings. The van der Waals surface area contributed by atoms with Crippen LogP contribution in [-0.2, 0) is 14.8 Å². The fraction of sp³-hybridized carbons (Fsp3) is 0.364. The summed E-state index contributed by atoms with van der Waals surface area (Å²) in [4.78, 5) is 11.7. The van der Waals surface area contributed by atoms with Gasteiger partial charge in [0, 0.05) is 19.8 Å². The van der Waals surface area contributed by atoms with Crippen LogP contribution in [0, 0.1) is 0 Å². The molecular formula is C11H14N2O3S. The highest BCUT2D eigenvalue weighted by molar-refractivity contribution is 7.89. The van der Waals surface area contributed by atoms with Crippen molar-refractivity contribution in [1.82, 2.24) is 4.31 Å². The van der Waals surface area contributed by atoms with Gasteiger partial charge >= 0.3 is 0 Å². The lowest BCUT2D eigenvalue weighted by molar-refractivity contribution is -0.116. The number of carbonyl (C=O) groups excluding carboxylic acids is 1. The minimum absolute atomic E-state index is 0.0978. The summed E-state index contributed by atoms with van der Waals surface area (Å²) in [6, 6.07) is 4.70. The molecule has 6 heteroatoms. The maximum atomic E-state index is 11.9. The molecule has 0 spiro atoms. The normalized spacial score (nSPS) is 19.3. The Bertz CT molecular complexity index is 578. The van der Waals surface area contributed by atoms with Crippen LogP contribution in [0.25, 0.3) is 0 Å². The first-order valence-electron chi connectivity index (χ1n) is 5.21. The van der Waals surface area contributed by atoms with E-state index in [-0.39, 0.29) is 16.7 Å². The van der Waals surface area contributed by atoms with Gasteiger partial charge in [-0.3, -0.25) is 4.79 Å². The summed E-state index contributed by atoms with van der Waals surface area (Å²) in [5, 5.41) is 2.71. The number of nitrogens with one attached hydrogen (secondary N) is 1. The van der Waals surface area contributed by atoms with Crippen molar-refractivity contribution in [2.45, 2.75) is 17.7 Å². The van der Waals surface area contributed by atoms with Gasteiger partial charge in [0.15, 0.2) is 0 Å². The average Bonchev–Trinajstić information content (AvgIpc) is 2.54. The van der Waals surface area contributed by atoms with Gasteiger partial charge in [-0.1, -0.05) is 0 Å². The smallest absolute Gasteiger partial charge is 0.242 e. The molecule has 0 bridgehead atoms. The second-order valence-corrected chi connectivity index (χ2v) is 6.40. The molecule has 1 aromatic carbocycles. The van der Waals surface area contributed by atoms with Crippen LogP contribution in [0.5, 0.6) is 0 Å². The molecule has 1 aromatic rings. The van der Waals surface area contributed by atoms with E-state index < -0.39 is 10.0 Å². The molecule has 1 aliphatic rings. The predicted octanol–water partition coefficient (Wildman–Crippen LogP) is 0.992. The summed E-state index contributed by atoms with van der Waals surface area (Å²) >= 11 is 0. The highest BCUT2D eigenvalue weighted by Gasteiger charge is 2.28. The number of hydrogen-bond acceptors (Lipinski definition) is 3. The van der Waals surface area contributed by atoms with Gasteiger partial charge in [-0.25, -0.2) is 12.7 Å². The van der Waals surface area contributed by atoms with Crippen molar-refractivity contribution in [2.75, 3.05) is 19.4 Å². The summed E-state index contributed by atoms with van der Waals surface area (Å²) in [6.45, 7) is 1.76. The summed E-state index contributed by atoms with van der Waals surface area (Å²) in [5.74, 6) is -0.401. The molecule has 1 aliphatic heterocycles. The Morgan fingerprint density at radius 3 is 2.53 bits per heavy atom. The molecule has 5 nitrogen and oxygen atoms in total. The maximum absolute atomic E-state index is 11.9. The molecular weight excluding hydrogens is 240 g/mol. The van der Waals surface area contributed by atoms with Crippen LogP contribution in [0.2, 0.25) is 0 Å². The van der Waals surface area contributed by atoms with Crippen LogP contribution < -0.4 is 5.32 Å². The van der Waals surface area contributed by atoms with Crippen LogP contribution in [0.4, 0.5) is 5.69 Å². The minimum atomic E-state index is -3.45. The highest BCUT2D eigenvalue weighted by atomic mass is 32.2. The Morgan fingerprint density at radius 1 is 1.29 bits per heavy atom. The van der Waals surface area contributed by atoms with E-state index >= 15 is 0 Å². The minimum Gasteiger partial charge on any atom is -0.325 e. The summed E-state index contributed by atoms with van der Waals surface area (Å²) in [7, 11) is -0.482. The number of sulfonamides is 1. The predicted molar refractivity (Wildman–Crippen MR) is 64.4 cm³/mol. The van der Waals surface area contributed by atoms with Crippen LogP contribution in [0.15, 0.2) is 23.1 Å². The number of anilines is 1. The molecule has 0 aliphatic carbocycles. The Balaban J connectivity index is 2.53. The van der Waals surface area contributed by atoms with Gasteiger partial charge < -0.3 is 5.32 Å². The van der Waals surface area contributed by atoms with Crippen LogP contribution in [0.1, 0.15) is 18.4 Å². The van der Waals surface area contributed by atoms with Gasteiger partial charge in [-0.2, -0.15) is 0 Å². The molecule has 92 valence electrons. The molecule has 0 unspecified atom stereocenters. The number of carbonyl (C=O) groups is 1. The third kappa shape index (κ3) is 1.83. The number of amides is 1. The van der Waals surface area contributed by atoms with E-state index in [0.717, 1.165) is 9.87 Å². The zero-order valence-corrected chi connectivity index (χ0v) is 10.7. The fourth-order valence-corrected chi connectivity index (χ4v) is 2.70. The number of benzene rings is 1. The van der Waals surface area contributed by atoms with Crippen molar-refractivity contribution in [2.24, 2.45) is 0 Å². The Hall–Kier alpha value is -1.40. The Morgan fingerprint density at radius 2 is 1.94 bits per heavy atom. The Labute approximate surface area is 100 Å². The van der Waals surface area contributed by atoms with E-state index in [1.165, 1.54) is 20.2 Å². The van der Waals surface area contributed by atoms with Gasteiger partial charge in [0.1, 0.15) is 0 Å². The number of rotatable bonds is 2. The summed E-state index contributed by atoms with van der Waals surface area (Å²) in [6.07, 6.45) is 0. The first-order valence-corrected chi connectivity index (χ1v) is 6.65. The van der Waals surface area contributed by atoms with E-state index in [4.69, 9.17) is 0 Å². The zero-order valence-electron chi connectivity index (χ0n) is 9.89. The highest BCUT2D eigenvalue weighted by Crippen LogP contribution is 2.34. The van der Waals surface area contributed by atoms with Gasteiger partial charge in [0.25, 0.3) is 0 Å². The van der Waals surface area contributed by atoms with Gasteiger partial charge in [0.2, 0.25) is 15.9 Å². The van der Waals surface area contributed by atoms with Crippen LogP contribution >= 0.6 is 0 Å². The van der Waals surface area contributed by atoms with E-state index in [9.17, 15) is 13.2 Å². The average molecular weight is 254 g/mol. The SMILES string of the molecule is C[C@@H]1C(=O)Nc2ccc(S(=O)(=O)N(C)C)cc21. The lowest BCUT2D eigenvalue weighted by Gasteiger charge is -2.12. The molecule has 0 radical (unpaired) electrons. The second kappa shape index (κ2) is 3.82. The van der Waals surface area contributed by atoms with E-state index in [0.29, 0.717) is 5.69 Å². The standard InChI is InChI=1S/C11H14N2O3S/c1-7-9-6-8(17(15,16)13(2)3)4-5-10(9)12-11(7)14/h4-7H,1-3H3,(H,12,14)/t7-/m0/s1. The Kier molecular flexibility index (Phi) is 2.71. The molecule has 1 heterocycles. The van der Waals surface area contributed by atoms with Crippen molar-refractivity contribution in [1.29, 1.82) is 0 Å². The monoisotopic (exact) mass is 254 g/mol. The van der Waals surface area contributed by atoms with E-state index in [1.54, 1.807) is 19.1 Å². The molecule has 0 saturated carbocycles. The fourth-order valence-electron chi connectivity index (χ4n) is 1.77. The third-order valence-electron chi connectivity index (χ3n) is 2.92. The van der Waals surface area contributed by atoms with Crippen molar-refractivity contribution in [3.05, 3.63) is 23.8 Å². The zero-order chi connectivity index (χ0) is 12.8. The van der Waals surface area contributed by atoms with Crippen molar-refractivity contribution < 1.29 is 13.2 Å². The van der Waals surface area contributed by atoms with Crippen LogP contribution in [0.3, 0.4) is 0 Å². The van der Waals surface area contributed by atoms with Crippen molar-refractivity contribution in [3.63, 3.8) is 0 Å². The molecule has 1 N–H and O–H groups in total. The van der Waals surface area contributed by atoms with Gasteiger partial charge in [0.05, 0.1) is 10.8 Å². The quantitative estimate of drug-likeness (QED) is 0.856. The van der Waals surface area contributed by atoms with Gasteiger partial charge in [-0.15, -0.1) is 0 Å². The van der Waals surface area contributed by atoms with E-state index in [1.807, 2.05) is 0 Å². The number of fused-ring (bicyclic) bond motifs is 1. The molecule has 0 saturated heterocycles. The molecule has 0 aromatic heterocycles. The first kappa shape index (κ1) is 12.1. The lowest BCUT2D eigenvalue weighted by atomic mass is 10.0. The maximum Gasteiger partial charge on any atom is 0.242 e. The molecule has 2 rings (SSSR count). The summed E-state index contributed by atoms with van der Waals surface area (Å²) in [5.41, 5.74) is 1.43. The summed E-state index contributed by atoms with van der Waals surface area (Å²) < 4.78 is 25.0. The third-order valence-corrected chi connectivity index (χ3v) is 4.73. The molecule has 1 amide bonds.